The third kappa shape index (κ3) is 5.79. The van der Waals surface area contributed by atoms with Crippen LogP contribution in [0.2, 0.25) is 0 Å². The lowest BCUT2D eigenvalue weighted by Gasteiger charge is -2.15. The molecule has 1 rings (SSSR count). The summed E-state index contributed by atoms with van der Waals surface area (Å²) in [6, 6.07) is 6.05. The third-order valence-corrected chi connectivity index (χ3v) is 2.53. The van der Waals surface area contributed by atoms with Crippen LogP contribution in [-0.4, -0.2) is 19.3 Å². The Morgan fingerprint density at radius 2 is 2.11 bits per heavy atom. The number of hydrogen-bond donors (Lipinski definition) is 1. The van der Waals surface area contributed by atoms with Gasteiger partial charge < -0.3 is 15.2 Å². The van der Waals surface area contributed by atoms with Crippen molar-refractivity contribution in [3.8, 4) is 11.5 Å². The van der Waals surface area contributed by atoms with Crippen LogP contribution in [0.1, 0.15) is 32.8 Å². The van der Waals surface area contributed by atoms with Gasteiger partial charge in [0, 0.05) is 12.1 Å². The molecular weight excluding hydrogens is 238 g/mol. The van der Waals surface area contributed by atoms with E-state index in [-0.39, 0.29) is 6.04 Å². The highest BCUT2D eigenvalue weighted by Gasteiger charge is 2.08. The summed E-state index contributed by atoms with van der Waals surface area (Å²) in [5.41, 5.74) is 7.97. The van der Waals surface area contributed by atoms with Crippen molar-refractivity contribution in [3.05, 3.63) is 35.9 Å². The molecule has 0 aliphatic heterocycles. The maximum absolute atomic E-state index is 5.86. The van der Waals surface area contributed by atoms with Gasteiger partial charge in [-0.3, -0.25) is 0 Å². The Morgan fingerprint density at radius 1 is 1.37 bits per heavy atom. The second-order valence-electron chi connectivity index (χ2n) is 5.05. The van der Waals surface area contributed by atoms with E-state index in [2.05, 4.69) is 13.5 Å². The molecule has 0 saturated carbocycles. The Hall–Kier alpha value is -1.48. The van der Waals surface area contributed by atoms with Gasteiger partial charge in [0.2, 0.25) is 0 Å². The van der Waals surface area contributed by atoms with Gasteiger partial charge in [-0.25, -0.2) is 0 Å². The van der Waals surface area contributed by atoms with E-state index in [1.165, 1.54) is 0 Å². The molecule has 1 unspecified atom stereocenters. The minimum atomic E-state index is 0.106. The van der Waals surface area contributed by atoms with Crippen molar-refractivity contribution in [2.75, 3.05) is 13.2 Å². The van der Waals surface area contributed by atoms with Crippen molar-refractivity contribution in [1.29, 1.82) is 0 Å². The second-order valence-corrected chi connectivity index (χ2v) is 5.05. The number of ether oxygens (including phenoxy) is 2. The Balaban J connectivity index is 2.86. The van der Waals surface area contributed by atoms with Gasteiger partial charge >= 0.3 is 0 Å². The zero-order valence-corrected chi connectivity index (χ0v) is 12.2. The Bertz CT molecular complexity index is 413. The van der Waals surface area contributed by atoms with Crippen molar-refractivity contribution < 1.29 is 9.47 Å². The van der Waals surface area contributed by atoms with Crippen LogP contribution in [0.5, 0.6) is 11.5 Å². The predicted molar refractivity (Wildman–Crippen MR) is 79.9 cm³/mol. The van der Waals surface area contributed by atoms with Crippen LogP contribution in [0.4, 0.5) is 0 Å². The van der Waals surface area contributed by atoms with Crippen molar-refractivity contribution in [2.45, 2.75) is 39.7 Å². The molecule has 0 bridgehead atoms. The molecule has 0 aromatic heterocycles. The highest BCUT2D eigenvalue weighted by Crippen LogP contribution is 2.26. The molecule has 19 heavy (non-hydrogen) atoms. The van der Waals surface area contributed by atoms with Crippen LogP contribution < -0.4 is 15.2 Å². The monoisotopic (exact) mass is 263 g/mol. The minimum absolute atomic E-state index is 0.106. The molecule has 0 spiro atoms. The molecule has 0 aliphatic rings. The molecule has 0 fully saturated rings. The lowest BCUT2D eigenvalue weighted by molar-refractivity contribution is 0.310. The number of rotatable bonds is 8. The fraction of sp³-hybridized carbons (Fsp3) is 0.500. The standard InChI is InChI=1S/C16H25NO2/c1-5-8-18-15-7-6-14(9-13(4)17)16(10-15)19-11-12(2)3/h6-7,10,13H,2,5,8-9,11,17H2,1,3-4H3. The summed E-state index contributed by atoms with van der Waals surface area (Å²) >= 11 is 0. The van der Waals surface area contributed by atoms with Crippen molar-refractivity contribution >= 4 is 0 Å². The summed E-state index contributed by atoms with van der Waals surface area (Å²) in [7, 11) is 0. The molecule has 0 radical (unpaired) electrons. The quantitative estimate of drug-likeness (QED) is 0.732. The van der Waals surface area contributed by atoms with Crippen LogP contribution >= 0.6 is 0 Å². The average molecular weight is 263 g/mol. The SMILES string of the molecule is C=C(C)COc1cc(OCCC)ccc1CC(C)N. The molecule has 106 valence electrons. The van der Waals surface area contributed by atoms with E-state index in [4.69, 9.17) is 15.2 Å². The maximum Gasteiger partial charge on any atom is 0.126 e. The van der Waals surface area contributed by atoms with Gasteiger partial charge in [-0.05, 0) is 43.9 Å². The molecule has 0 saturated heterocycles. The van der Waals surface area contributed by atoms with Gasteiger partial charge in [0.05, 0.1) is 6.61 Å². The summed E-state index contributed by atoms with van der Waals surface area (Å²) < 4.78 is 11.4. The Kier molecular flexibility index (Phi) is 6.43. The summed E-state index contributed by atoms with van der Waals surface area (Å²) in [5.74, 6) is 1.68. The molecule has 1 aromatic carbocycles. The van der Waals surface area contributed by atoms with Gasteiger partial charge in [-0.15, -0.1) is 0 Å². The highest BCUT2D eigenvalue weighted by molar-refractivity contribution is 5.41. The Morgan fingerprint density at radius 3 is 2.68 bits per heavy atom. The zero-order chi connectivity index (χ0) is 14.3. The summed E-state index contributed by atoms with van der Waals surface area (Å²) in [6.07, 6.45) is 1.78. The normalized spacial score (nSPS) is 12.0. The van der Waals surface area contributed by atoms with Gasteiger partial charge in [0.15, 0.2) is 0 Å². The zero-order valence-electron chi connectivity index (χ0n) is 12.2. The summed E-state index contributed by atoms with van der Waals surface area (Å²) in [5, 5.41) is 0. The lowest BCUT2D eigenvalue weighted by atomic mass is 10.1. The van der Waals surface area contributed by atoms with E-state index in [0.29, 0.717) is 13.2 Å². The number of benzene rings is 1. The fourth-order valence-corrected chi connectivity index (χ4v) is 1.70. The first kappa shape index (κ1) is 15.6. The molecule has 3 nitrogen and oxygen atoms in total. The molecule has 0 amide bonds. The van der Waals surface area contributed by atoms with E-state index in [0.717, 1.165) is 35.5 Å². The molecule has 0 aliphatic carbocycles. The Labute approximate surface area is 116 Å². The molecular formula is C16H25NO2. The maximum atomic E-state index is 5.86. The second kappa shape index (κ2) is 7.85. The first-order valence-electron chi connectivity index (χ1n) is 6.81. The largest absolute Gasteiger partial charge is 0.493 e. The first-order valence-corrected chi connectivity index (χ1v) is 6.81. The van der Waals surface area contributed by atoms with Crippen LogP contribution in [-0.2, 0) is 6.42 Å². The van der Waals surface area contributed by atoms with E-state index >= 15 is 0 Å². The third-order valence-electron chi connectivity index (χ3n) is 2.53. The summed E-state index contributed by atoms with van der Waals surface area (Å²) in [6.45, 7) is 11.1. The van der Waals surface area contributed by atoms with Gasteiger partial charge in [-0.2, -0.15) is 0 Å². The number of nitrogens with two attached hydrogens (primary N) is 1. The van der Waals surface area contributed by atoms with Crippen LogP contribution in [0.3, 0.4) is 0 Å². The van der Waals surface area contributed by atoms with Crippen LogP contribution in [0.25, 0.3) is 0 Å². The topological polar surface area (TPSA) is 44.5 Å². The fourth-order valence-electron chi connectivity index (χ4n) is 1.70. The van der Waals surface area contributed by atoms with E-state index in [1.807, 2.05) is 32.0 Å². The molecule has 0 heterocycles. The van der Waals surface area contributed by atoms with Gasteiger partial charge in [0.25, 0.3) is 0 Å². The van der Waals surface area contributed by atoms with Crippen molar-refractivity contribution in [1.82, 2.24) is 0 Å². The van der Waals surface area contributed by atoms with Crippen LogP contribution in [0.15, 0.2) is 30.4 Å². The molecule has 2 N–H and O–H groups in total. The van der Waals surface area contributed by atoms with Gasteiger partial charge in [0.1, 0.15) is 18.1 Å². The first-order chi connectivity index (χ1) is 9.02. The van der Waals surface area contributed by atoms with Crippen molar-refractivity contribution in [2.24, 2.45) is 5.73 Å². The van der Waals surface area contributed by atoms with E-state index in [1.54, 1.807) is 0 Å². The smallest absolute Gasteiger partial charge is 0.126 e. The number of hydrogen-bond acceptors (Lipinski definition) is 3. The highest BCUT2D eigenvalue weighted by atomic mass is 16.5. The van der Waals surface area contributed by atoms with E-state index in [9.17, 15) is 0 Å². The van der Waals surface area contributed by atoms with Crippen LogP contribution in [0, 0.1) is 0 Å². The predicted octanol–water partition coefficient (Wildman–Crippen LogP) is 3.32. The van der Waals surface area contributed by atoms with Gasteiger partial charge in [-0.1, -0.05) is 19.6 Å². The molecule has 1 atom stereocenters. The lowest BCUT2D eigenvalue weighted by Crippen LogP contribution is -2.18. The van der Waals surface area contributed by atoms with Crippen molar-refractivity contribution in [3.63, 3.8) is 0 Å². The summed E-state index contributed by atoms with van der Waals surface area (Å²) in [4.78, 5) is 0. The molecule has 1 aromatic rings. The average Bonchev–Trinajstić information content (AvgIpc) is 2.35. The molecule has 3 heteroatoms. The van der Waals surface area contributed by atoms with E-state index < -0.39 is 0 Å². The minimum Gasteiger partial charge on any atom is -0.493 e.